The van der Waals surface area contributed by atoms with Gasteiger partial charge in [-0.25, -0.2) is 4.98 Å². The van der Waals surface area contributed by atoms with Crippen LogP contribution in [0.1, 0.15) is 25.7 Å². The van der Waals surface area contributed by atoms with Crippen LogP contribution in [0.4, 0.5) is 11.8 Å². The Morgan fingerprint density at radius 1 is 1.20 bits per heavy atom. The zero-order valence-corrected chi connectivity index (χ0v) is 11.9. The molecule has 2 N–H and O–H groups in total. The first-order valence-corrected chi connectivity index (χ1v) is 7.94. The lowest BCUT2D eigenvalue weighted by atomic mass is 9.95. The fraction of sp³-hybridized carbons (Fsp3) is 0.733. The molecule has 1 aromatic heterocycles. The summed E-state index contributed by atoms with van der Waals surface area (Å²) in [7, 11) is 0. The third-order valence-electron chi connectivity index (χ3n) is 5.13. The van der Waals surface area contributed by atoms with Gasteiger partial charge in [-0.2, -0.15) is 4.98 Å². The molecule has 1 saturated heterocycles. The molecule has 108 valence electrons. The summed E-state index contributed by atoms with van der Waals surface area (Å²) in [4.78, 5) is 11.5. The number of rotatable bonds is 3. The van der Waals surface area contributed by atoms with Crippen molar-refractivity contribution < 1.29 is 0 Å². The molecular formula is C15H23N5. The van der Waals surface area contributed by atoms with Gasteiger partial charge in [0.2, 0.25) is 5.95 Å². The Labute approximate surface area is 120 Å². The van der Waals surface area contributed by atoms with E-state index in [1.807, 2.05) is 12.3 Å². The maximum atomic E-state index is 4.72. The maximum absolute atomic E-state index is 4.72. The predicted octanol–water partition coefficient (Wildman–Crippen LogP) is 1.49. The summed E-state index contributed by atoms with van der Waals surface area (Å²) in [6, 6.07) is 2.63. The number of nitrogens with one attached hydrogen (secondary N) is 2. The van der Waals surface area contributed by atoms with Gasteiger partial charge in [0, 0.05) is 38.4 Å². The second-order valence-corrected chi connectivity index (χ2v) is 6.40. The van der Waals surface area contributed by atoms with E-state index < -0.39 is 0 Å². The van der Waals surface area contributed by atoms with E-state index in [1.165, 1.54) is 25.7 Å². The summed E-state index contributed by atoms with van der Waals surface area (Å²) in [6.07, 6.45) is 7.44. The number of anilines is 2. The van der Waals surface area contributed by atoms with E-state index in [4.69, 9.17) is 4.98 Å². The summed E-state index contributed by atoms with van der Waals surface area (Å²) in [5, 5.41) is 6.96. The van der Waals surface area contributed by atoms with Crippen LogP contribution in [0.2, 0.25) is 0 Å². The van der Waals surface area contributed by atoms with Crippen molar-refractivity contribution in [2.75, 3.05) is 36.4 Å². The van der Waals surface area contributed by atoms with Gasteiger partial charge >= 0.3 is 0 Å². The molecule has 0 amide bonds. The molecule has 2 heterocycles. The van der Waals surface area contributed by atoms with E-state index >= 15 is 0 Å². The molecule has 4 rings (SSSR count). The van der Waals surface area contributed by atoms with Crippen LogP contribution < -0.4 is 15.5 Å². The molecule has 2 aliphatic carbocycles. The van der Waals surface area contributed by atoms with Gasteiger partial charge in [0.15, 0.2) is 0 Å². The molecule has 3 atom stereocenters. The average molecular weight is 273 g/mol. The van der Waals surface area contributed by atoms with Gasteiger partial charge in [0.05, 0.1) is 0 Å². The molecule has 1 aliphatic heterocycles. The summed E-state index contributed by atoms with van der Waals surface area (Å²) in [5.41, 5.74) is 0. The van der Waals surface area contributed by atoms with Crippen molar-refractivity contribution >= 4 is 11.8 Å². The van der Waals surface area contributed by atoms with Crippen molar-refractivity contribution in [2.24, 2.45) is 11.8 Å². The highest BCUT2D eigenvalue weighted by atomic mass is 15.3. The Bertz CT molecular complexity index is 471. The van der Waals surface area contributed by atoms with E-state index in [0.717, 1.165) is 49.8 Å². The highest BCUT2D eigenvalue weighted by Crippen LogP contribution is 2.45. The van der Waals surface area contributed by atoms with E-state index in [9.17, 15) is 0 Å². The van der Waals surface area contributed by atoms with E-state index in [-0.39, 0.29) is 0 Å². The van der Waals surface area contributed by atoms with E-state index in [1.54, 1.807) is 0 Å². The zero-order chi connectivity index (χ0) is 13.4. The van der Waals surface area contributed by atoms with Crippen molar-refractivity contribution in [3.8, 4) is 0 Å². The van der Waals surface area contributed by atoms with Crippen LogP contribution in [-0.2, 0) is 0 Å². The Morgan fingerprint density at radius 2 is 2.10 bits per heavy atom. The van der Waals surface area contributed by atoms with E-state index in [2.05, 4.69) is 20.5 Å². The second kappa shape index (κ2) is 5.20. The highest BCUT2D eigenvalue weighted by Gasteiger charge is 2.39. The van der Waals surface area contributed by atoms with Gasteiger partial charge in [-0.05, 0) is 37.2 Å². The smallest absolute Gasteiger partial charge is 0.224 e. The highest BCUT2D eigenvalue weighted by molar-refractivity contribution is 5.43. The van der Waals surface area contributed by atoms with Crippen molar-refractivity contribution in [3.05, 3.63) is 12.3 Å². The molecule has 2 saturated carbocycles. The molecule has 1 aromatic rings. The SMILES string of the molecule is c1cc(N2CCNCC2)nc(NC2CC3CCC2C3)n1. The average Bonchev–Trinajstić information content (AvgIpc) is 3.11. The van der Waals surface area contributed by atoms with Gasteiger partial charge in [-0.15, -0.1) is 0 Å². The Morgan fingerprint density at radius 3 is 2.85 bits per heavy atom. The molecule has 0 spiro atoms. The van der Waals surface area contributed by atoms with Crippen LogP contribution in [0.3, 0.4) is 0 Å². The second-order valence-electron chi connectivity index (χ2n) is 6.40. The lowest BCUT2D eigenvalue weighted by Crippen LogP contribution is -2.44. The maximum Gasteiger partial charge on any atom is 0.224 e. The molecule has 2 bridgehead atoms. The first-order chi connectivity index (χ1) is 9.88. The molecule has 3 aliphatic rings. The number of nitrogens with zero attached hydrogens (tertiary/aromatic N) is 3. The Kier molecular flexibility index (Phi) is 3.22. The minimum Gasteiger partial charge on any atom is -0.354 e. The Balaban J connectivity index is 1.45. The normalized spacial score (nSPS) is 32.6. The molecule has 3 fully saturated rings. The summed E-state index contributed by atoms with van der Waals surface area (Å²) < 4.78 is 0. The minimum absolute atomic E-state index is 0.604. The summed E-state index contributed by atoms with van der Waals surface area (Å²) in [5.74, 6) is 3.69. The number of hydrogen-bond acceptors (Lipinski definition) is 5. The predicted molar refractivity (Wildman–Crippen MR) is 80.0 cm³/mol. The van der Waals surface area contributed by atoms with Crippen LogP contribution in [0.15, 0.2) is 12.3 Å². The third-order valence-corrected chi connectivity index (χ3v) is 5.13. The summed E-state index contributed by atoms with van der Waals surface area (Å²) in [6.45, 7) is 4.15. The largest absolute Gasteiger partial charge is 0.354 e. The molecule has 20 heavy (non-hydrogen) atoms. The molecule has 0 aromatic carbocycles. The summed E-state index contributed by atoms with van der Waals surface area (Å²) >= 11 is 0. The Hall–Kier alpha value is -1.36. The van der Waals surface area contributed by atoms with E-state index in [0.29, 0.717) is 6.04 Å². The first-order valence-electron chi connectivity index (χ1n) is 7.94. The number of piperazine rings is 1. The molecule has 5 heteroatoms. The van der Waals surface area contributed by atoms with Gasteiger partial charge in [0.1, 0.15) is 5.82 Å². The van der Waals surface area contributed by atoms with Crippen molar-refractivity contribution in [1.29, 1.82) is 0 Å². The number of fused-ring (bicyclic) bond motifs is 2. The van der Waals surface area contributed by atoms with Crippen LogP contribution >= 0.6 is 0 Å². The number of aromatic nitrogens is 2. The quantitative estimate of drug-likeness (QED) is 0.874. The number of hydrogen-bond donors (Lipinski definition) is 2. The molecular weight excluding hydrogens is 250 g/mol. The molecule has 0 radical (unpaired) electrons. The monoisotopic (exact) mass is 273 g/mol. The molecule has 3 unspecified atom stereocenters. The fourth-order valence-corrected chi connectivity index (χ4v) is 4.08. The zero-order valence-electron chi connectivity index (χ0n) is 11.9. The molecule has 5 nitrogen and oxygen atoms in total. The third kappa shape index (κ3) is 2.35. The minimum atomic E-state index is 0.604. The van der Waals surface area contributed by atoms with Crippen LogP contribution in [0.25, 0.3) is 0 Å². The van der Waals surface area contributed by atoms with Crippen molar-refractivity contribution in [3.63, 3.8) is 0 Å². The van der Waals surface area contributed by atoms with Gasteiger partial charge in [-0.1, -0.05) is 6.42 Å². The van der Waals surface area contributed by atoms with Crippen molar-refractivity contribution in [2.45, 2.75) is 31.7 Å². The van der Waals surface area contributed by atoms with Gasteiger partial charge in [-0.3, -0.25) is 0 Å². The van der Waals surface area contributed by atoms with Gasteiger partial charge in [0.25, 0.3) is 0 Å². The van der Waals surface area contributed by atoms with Crippen LogP contribution in [-0.4, -0.2) is 42.2 Å². The first kappa shape index (κ1) is 12.4. The topological polar surface area (TPSA) is 53.1 Å². The van der Waals surface area contributed by atoms with Crippen LogP contribution in [0, 0.1) is 11.8 Å². The lowest BCUT2D eigenvalue weighted by molar-refractivity contribution is 0.438. The fourth-order valence-electron chi connectivity index (χ4n) is 4.08. The van der Waals surface area contributed by atoms with Crippen LogP contribution in [0.5, 0.6) is 0 Å². The van der Waals surface area contributed by atoms with Gasteiger partial charge < -0.3 is 15.5 Å². The lowest BCUT2D eigenvalue weighted by Gasteiger charge is -2.29. The van der Waals surface area contributed by atoms with Crippen molar-refractivity contribution in [1.82, 2.24) is 15.3 Å². The standard InChI is InChI=1S/C15H23N5/c1-2-12-9-11(1)10-13(12)18-15-17-4-3-14(19-15)20-7-5-16-6-8-20/h3-4,11-13,16H,1-2,5-10H2,(H,17,18,19).